The van der Waals surface area contributed by atoms with E-state index in [1.54, 1.807) is 6.92 Å². The molecule has 0 saturated heterocycles. The third-order valence-corrected chi connectivity index (χ3v) is 2.70. The molecular weight excluding hydrogens is 264 g/mol. The molecule has 106 valence electrons. The van der Waals surface area contributed by atoms with Crippen molar-refractivity contribution in [3.05, 3.63) is 34.1 Å². The monoisotopic (exact) mass is 278 g/mol. The number of rotatable bonds is 5. The van der Waals surface area contributed by atoms with Crippen LogP contribution in [0.5, 0.6) is 0 Å². The van der Waals surface area contributed by atoms with Crippen LogP contribution >= 0.6 is 0 Å². The van der Waals surface area contributed by atoms with Gasteiger partial charge in [-0.3, -0.25) is 10.1 Å². The van der Waals surface area contributed by atoms with E-state index in [9.17, 15) is 10.1 Å². The molecule has 0 bridgehead atoms. The predicted octanol–water partition coefficient (Wildman–Crippen LogP) is 2.32. The molecule has 0 radical (unpaired) electrons. The Labute approximate surface area is 114 Å². The molecule has 0 aliphatic rings. The van der Waals surface area contributed by atoms with Gasteiger partial charge in [-0.2, -0.15) is 4.98 Å². The van der Waals surface area contributed by atoms with Crippen molar-refractivity contribution in [1.29, 1.82) is 0 Å². The average molecular weight is 278 g/mol. The van der Waals surface area contributed by atoms with E-state index in [2.05, 4.69) is 10.1 Å². The summed E-state index contributed by atoms with van der Waals surface area (Å²) in [7, 11) is 0. The number of anilines is 1. The number of hydrogen-bond donors (Lipinski definition) is 1. The molecule has 0 aliphatic carbocycles. The zero-order valence-corrected chi connectivity index (χ0v) is 11.1. The van der Waals surface area contributed by atoms with Crippen molar-refractivity contribution in [1.82, 2.24) is 10.1 Å². The van der Waals surface area contributed by atoms with Crippen molar-refractivity contribution in [3.63, 3.8) is 0 Å². The predicted molar refractivity (Wildman–Crippen MR) is 70.8 cm³/mol. The van der Waals surface area contributed by atoms with E-state index >= 15 is 0 Å². The molecule has 1 aromatic heterocycles. The lowest BCUT2D eigenvalue weighted by Gasteiger charge is -2.04. The number of non-ortho nitro benzene ring substituents is 1. The molecule has 1 atom stereocenters. The van der Waals surface area contributed by atoms with Gasteiger partial charge in [-0.25, -0.2) is 0 Å². The van der Waals surface area contributed by atoms with Crippen LogP contribution in [0.4, 0.5) is 11.4 Å². The van der Waals surface area contributed by atoms with Gasteiger partial charge in [0.25, 0.3) is 11.6 Å². The highest BCUT2D eigenvalue weighted by atomic mass is 16.6. The van der Waals surface area contributed by atoms with E-state index < -0.39 is 4.92 Å². The third-order valence-electron chi connectivity index (χ3n) is 2.70. The summed E-state index contributed by atoms with van der Waals surface area (Å²) in [6, 6.07) is 4.06. The van der Waals surface area contributed by atoms with E-state index in [1.807, 2.05) is 6.92 Å². The van der Waals surface area contributed by atoms with Crippen molar-refractivity contribution in [3.8, 4) is 11.5 Å². The maximum atomic E-state index is 10.8. The highest BCUT2D eigenvalue weighted by Gasteiger charge is 2.18. The van der Waals surface area contributed by atoms with E-state index in [1.165, 1.54) is 18.2 Å². The first-order chi connectivity index (χ1) is 9.52. The number of benzene rings is 1. The largest absolute Gasteiger partial charge is 0.398 e. The molecule has 8 heteroatoms. The molecule has 2 N–H and O–H groups in total. The number of nitrogens with two attached hydrogens (primary N) is 1. The fourth-order valence-corrected chi connectivity index (χ4v) is 1.68. The van der Waals surface area contributed by atoms with Gasteiger partial charge in [-0.05, 0) is 19.9 Å². The van der Waals surface area contributed by atoms with Gasteiger partial charge in [0, 0.05) is 24.4 Å². The SMILES string of the molecule is CCOC(C)c1noc(-c2cc([N+](=O)[O-])ccc2N)n1. The second-order valence-corrected chi connectivity index (χ2v) is 4.08. The van der Waals surface area contributed by atoms with Gasteiger partial charge in [-0.1, -0.05) is 5.16 Å². The smallest absolute Gasteiger partial charge is 0.270 e. The molecule has 0 aliphatic heterocycles. The zero-order valence-electron chi connectivity index (χ0n) is 11.1. The summed E-state index contributed by atoms with van der Waals surface area (Å²) in [5, 5.41) is 14.6. The summed E-state index contributed by atoms with van der Waals surface area (Å²) >= 11 is 0. The van der Waals surface area contributed by atoms with Gasteiger partial charge in [0.1, 0.15) is 6.10 Å². The Morgan fingerprint density at radius 1 is 1.55 bits per heavy atom. The lowest BCUT2D eigenvalue weighted by Crippen LogP contribution is -2.01. The van der Waals surface area contributed by atoms with E-state index in [0.29, 0.717) is 23.7 Å². The van der Waals surface area contributed by atoms with E-state index in [4.69, 9.17) is 15.0 Å². The van der Waals surface area contributed by atoms with Gasteiger partial charge in [-0.15, -0.1) is 0 Å². The van der Waals surface area contributed by atoms with Crippen LogP contribution in [0.1, 0.15) is 25.8 Å². The fourth-order valence-electron chi connectivity index (χ4n) is 1.68. The van der Waals surface area contributed by atoms with Crippen molar-refractivity contribution in [2.75, 3.05) is 12.3 Å². The van der Waals surface area contributed by atoms with Gasteiger partial charge < -0.3 is 15.0 Å². The average Bonchev–Trinajstić information content (AvgIpc) is 2.88. The van der Waals surface area contributed by atoms with Crippen LogP contribution in [0.2, 0.25) is 0 Å². The summed E-state index contributed by atoms with van der Waals surface area (Å²) in [5.41, 5.74) is 6.36. The van der Waals surface area contributed by atoms with Gasteiger partial charge in [0.05, 0.1) is 10.5 Å². The summed E-state index contributed by atoms with van der Waals surface area (Å²) < 4.78 is 10.4. The Morgan fingerprint density at radius 3 is 2.95 bits per heavy atom. The topological polar surface area (TPSA) is 117 Å². The first-order valence-electron chi connectivity index (χ1n) is 6.02. The number of nitro groups is 1. The normalized spacial score (nSPS) is 12.3. The lowest BCUT2D eigenvalue weighted by molar-refractivity contribution is -0.384. The first-order valence-corrected chi connectivity index (χ1v) is 6.02. The minimum atomic E-state index is -0.511. The van der Waals surface area contributed by atoms with Gasteiger partial charge in [0.15, 0.2) is 0 Å². The Morgan fingerprint density at radius 2 is 2.30 bits per heavy atom. The highest BCUT2D eigenvalue weighted by Crippen LogP contribution is 2.29. The molecule has 2 rings (SSSR count). The number of hydrogen-bond acceptors (Lipinski definition) is 7. The summed E-state index contributed by atoms with van der Waals surface area (Å²) in [6.07, 6.45) is -0.322. The van der Waals surface area contributed by atoms with Crippen LogP contribution < -0.4 is 5.73 Å². The number of aromatic nitrogens is 2. The second kappa shape index (κ2) is 5.66. The summed E-state index contributed by atoms with van der Waals surface area (Å²) in [6.45, 7) is 4.16. The van der Waals surface area contributed by atoms with E-state index in [0.717, 1.165) is 0 Å². The fraction of sp³-hybridized carbons (Fsp3) is 0.333. The zero-order chi connectivity index (χ0) is 14.7. The molecule has 0 spiro atoms. The maximum Gasteiger partial charge on any atom is 0.270 e. The van der Waals surface area contributed by atoms with Crippen molar-refractivity contribution in [2.24, 2.45) is 0 Å². The molecule has 0 saturated carbocycles. The minimum absolute atomic E-state index is 0.0909. The van der Waals surface area contributed by atoms with Crippen molar-refractivity contribution >= 4 is 11.4 Å². The molecule has 1 aromatic carbocycles. The molecule has 1 unspecified atom stereocenters. The highest BCUT2D eigenvalue weighted by molar-refractivity contribution is 5.73. The molecule has 0 fully saturated rings. The van der Waals surface area contributed by atoms with Crippen LogP contribution in [-0.2, 0) is 4.74 Å². The molecular formula is C12H14N4O4. The minimum Gasteiger partial charge on any atom is -0.398 e. The van der Waals surface area contributed by atoms with Gasteiger partial charge in [0.2, 0.25) is 5.82 Å². The Bertz CT molecular complexity index is 626. The maximum absolute atomic E-state index is 10.8. The van der Waals surface area contributed by atoms with Crippen LogP contribution in [0.15, 0.2) is 22.7 Å². The van der Waals surface area contributed by atoms with Crippen molar-refractivity contribution < 1.29 is 14.2 Å². The molecule has 1 heterocycles. The number of ether oxygens (including phenoxy) is 1. The van der Waals surface area contributed by atoms with E-state index in [-0.39, 0.29) is 17.7 Å². The summed E-state index contributed by atoms with van der Waals surface area (Å²) in [4.78, 5) is 14.4. The number of nitrogen functional groups attached to an aromatic ring is 1. The van der Waals surface area contributed by atoms with Crippen LogP contribution in [0.3, 0.4) is 0 Å². The second-order valence-electron chi connectivity index (χ2n) is 4.08. The Kier molecular flexibility index (Phi) is 3.94. The number of nitrogens with zero attached hydrogens (tertiary/aromatic N) is 3. The van der Waals surface area contributed by atoms with Crippen LogP contribution in [0.25, 0.3) is 11.5 Å². The van der Waals surface area contributed by atoms with Crippen molar-refractivity contribution in [2.45, 2.75) is 20.0 Å². The molecule has 0 amide bonds. The Balaban J connectivity index is 2.36. The molecule has 8 nitrogen and oxygen atoms in total. The Hall–Kier alpha value is -2.48. The van der Waals surface area contributed by atoms with Crippen LogP contribution in [0, 0.1) is 10.1 Å². The quantitative estimate of drug-likeness (QED) is 0.506. The van der Waals surface area contributed by atoms with Crippen LogP contribution in [-0.4, -0.2) is 21.7 Å². The first kappa shape index (κ1) is 13.9. The molecule has 2 aromatic rings. The lowest BCUT2D eigenvalue weighted by atomic mass is 10.1. The van der Waals surface area contributed by atoms with Gasteiger partial charge >= 0.3 is 0 Å². The third kappa shape index (κ3) is 2.75. The molecule has 20 heavy (non-hydrogen) atoms. The number of nitro benzene ring substituents is 1. The standard InChI is InChI=1S/C12H14N4O4/c1-3-19-7(2)11-14-12(20-15-11)9-6-8(16(17)18)4-5-10(9)13/h4-7H,3,13H2,1-2H3. The summed E-state index contributed by atoms with van der Waals surface area (Å²) in [5.74, 6) is 0.500.